The van der Waals surface area contributed by atoms with Gasteiger partial charge in [-0.05, 0) is 86.0 Å². The molecule has 218 valence electrons. The number of thioether (sulfide) groups is 1. The Bertz CT molecular complexity index is 1530. The molecule has 7 nitrogen and oxygen atoms in total. The quantitative estimate of drug-likeness (QED) is 0.414. The summed E-state index contributed by atoms with van der Waals surface area (Å²) in [5.41, 5.74) is 1.70. The maximum absolute atomic E-state index is 14.3. The number of Topliss-reactive ketones (excluding diaryl/α,β-unsaturated/α-hetero) is 2. The van der Waals surface area contributed by atoms with Gasteiger partial charge >= 0.3 is 0 Å². The Balaban J connectivity index is 0.978. The van der Waals surface area contributed by atoms with Gasteiger partial charge in [0.25, 0.3) is 5.91 Å². The lowest BCUT2D eigenvalue weighted by Gasteiger charge is -2.31. The molecule has 1 saturated heterocycles. The number of benzene rings is 1. The number of para-hydroxylation sites is 1. The lowest BCUT2D eigenvalue weighted by Crippen LogP contribution is -2.40. The van der Waals surface area contributed by atoms with Crippen molar-refractivity contribution in [3.8, 4) is 5.75 Å². The van der Waals surface area contributed by atoms with Crippen LogP contribution in [0.1, 0.15) is 60.5 Å². The van der Waals surface area contributed by atoms with Crippen LogP contribution < -0.4 is 10.1 Å². The molecule has 3 fully saturated rings. The average Bonchev–Trinajstić information content (AvgIpc) is 3.78. The average molecular weight is 588 g/mol. The fourth-order valence-corrected chi connectivity index (χ4v) is 8.89. The van der Waals surface area contributed by atoms with E-state index in [1.54, 1.807) is 6.20 Å². The molecule has 7 rings (SSSR count). The molecule has 3 aromatic rings. The number of halogens is 1. The number of carbonyl (C=O) groups is 3. The summed E-state index contributed by atoms with van der Waals surface area (Å²) < 4.78 is 20.0. The predicted octanol–water partition coefficient (Wildman–Crippen LogP) is 5.38. The zero-order valence-corrected chi connectivity index (χ0v) is 24.2. The summed E-state index contributed by atoms with van der Waals surface area (Å²) >= 11 is 1.89. The Hall–Kier alpha value is -3.33. The number of nitrogens with zero attached hydrogens (tertiary/aromatic N) is 2. The molecule has 3 aliphatic carbocycles. The number of ketones is 2. The van der Waals surface area contributed by atoms with Crippen molar-refractivity contribution in [3.05, 3.63) is 65.9 Å². The van der Waals surface area contributed by atoms with Gasteiger partial charge < -0.3 is 10.1 Å². The lowest BCUT2D eigenvalue weighted by molar-refractivity contribution is -0.124. The highest BCUT2D eigenvalue weighted by Crippen LogP contribution is 2.60. The van der Waals surface area contributed by atoms with E-state index in [4.69, 9.17) is 4.74 Å². The van der Waals surface area contributed by atoms with Gasteiger partial charge in [0.1, 0.15) is 17.3 Å². The third-order valence-electron chi connectivity index (χ3n) is 9.81. The first-order valence-electron chi connectivity index (χ1n) is 15.1. The summed E-state index contributed by atoms with van der Waals surface area (Å²) in [6, 6.07) is 11.0. The summed E-state index contributed by atoms with van der Waals surface area (Å²) in [6.07, 6.45) is 7.89. The van der Waals surface area contributed by atoms with Crippen LogP contribution in [-0.2, 0) is 9.59 Å². The SMILES string of the molecule is O=C(COc1cnc2ccccc2c1)NC1CCC([C@@H]2C3C(=O)c4cc(F)cnc4C(C4CCSCC4)C(=O)C32)CC1. The van der Waals surface area contributed by atoms with Gasteiger partial charge in [0.2, 0.25) is 0 Å². The second kappa shape index (κ2) is 11.4. The van der Waals surface area contributed by atoms with Crippen molar-refractivity contribution in [2.45, 2.75) is 50.5 Å². The molecule has 42 heavy (non-hydrogen) atoms. The third-order valence-corrected chi connectivity index (χ3v) is 10.9. The fourth-order valence-electron chi connectivity index (χ4n) is 7.74. The molecule has 9 heteroatoms. The standard InChI is InChI=1S/C33H34FN3O4S/c34-21-14-24-31(36-15-21)28(19-9-11-42-12-10-19)33(40)30-27(29(30)32(24)39)18-5-7-22(8-6-18)37-26(38)17-41-23-13-20-3-1-2-4-25(20)35-16-23/h1-4,13-16,18-19,22,27-30H,5-12,17H2,(H,37,38)/t18?,22?,27-,28?,29?,30?/m1/s1. The molecule has 2 aromatic heterocycles. The van der Waals surface area contributed by atoms with Crippen LogP contribution in [0.25, 0.3) is 10.9 Å². The molecule has 0 spiro atoms. The molecule has 1 aromatic carbocycles. The Labute approximate surface area is 248 Å². The van der Waals surface area contributed by atoms with E-state index in [0.29, 0.717) is 17.0 Å². The third kappa shape index (κ3) is 5.21. The van der Waals surface area contributed by atoms with E-state index < -0.39 is 11.7 Å². The maximum Gasteiger partial charge on any atom is 0.258 e. The number of carbonyl (C=O) groups excluding carboxylic acids is 3. The van der Waals surface area contributed by atoms with Crippen molar-refractivity contribution in [2.24, 2.45) is 29.6 Å². The highest BCUT2D eigenvalue weighted by molar-refractivity contribution is 7.99. The van der Waals surface area contributed by atoms with Gasteiger partial charge in [0, 0.05) is 28.8 Å². The molecule has 0 bridgehead atoms. The Morgan fingerprint density at radius 3 is 2.55 bits per heavy atom. The Morgan fingerprint density at radius 2 is 1.74 bits per heavy atom. The van der Waals surface area contributed by atoms with E-state index >= 15 is 0 Å². The minimum atomic E-state index is -0.528. The number of pyridine rings is 2. The summed E-state index contributed by atoms with van der Waals surface area (Å²) in [5, 5.41) is 4.05. The first-order valence-corrected chi connectivity index (χ1v) is 16.2. The second-order valence-electron chi connectivity index (χ2n) is 12.2. The fraction of sp³-hybridized carbons (Fsp3) is 0.485. The van der Waals surface area contributed by atoms with Crippen LogP contribution in [0.4, 0.5) is 4.39 Å². The smallest absolute Gasteiger partial charge is 0.258 e. The van der Waals surface area contributed by atoms with Gasteiger partial charge in [-0.15, -0.1) is 0 Å². The predicted molar refractivity (Wildman–Crippen MR) is 158 cm³/mol. The number of nitrogens with one attached hydrogen (secondary N) is 1. The normalized spacial score (nSPS) is 29.4. The van der Waals surface area contributed by atoms with Gasteiger partial charge in [-0.25, -0.2) is 4.39 Å². The van der Waals surface area contributed by atoms with Crippen LogP contribution >= 0.6 is 11.8 Å². The molecule has 1 N–H and O–H groups in total. The summed E-state index contributed by atoms with van der Waals surface area (Å²) in [6.45, 7) is -0.0825. The summed E-state index contributed by atoms with van der Waals surface area (Å²) in [4.78, 5) is 49.1. The molecule has 1 aliphatic heterocycles. The number of amides is 1. The largest absolute Gasteiger partial charge is 0.482 e. The van der Waals surface area contributed by atoms with Gasteiger partial charge in [-0.3, -0.25) is 24.4 Å². The molecule has 3 unspecified atom stereocenters. The summed E-state index contributed by atoms with van der Waals surface area (Å²) in [7, 11) is 0. The first kappa shape index (κ1) is 27.5. The van der Waals surface area contributed by atoms with Gasteiger partial charge in [0.15, 0.2) is 12.4 Å². The van der Waals surface area contributed by atoms with Crippen LogP contribution in [0.3, 0.4) is 0 Å². The monoisotopic (exact) mass is 587 g/mol. The van der Waals surface area contributed by atoms with E-state index in [1.165, 1.54) is 6.07 Å². The van der Waals surface area contributed by atoms with Crippen LogP contribution in [0.15, 0.2) is 48.8 Å². The number of rotatable bonds is 6. The number of aromatic nitrogens is 2. The van der Waals surface area contributed by atoms with Gasteiger partial charge in [-0.1, -0.05) is 18.2 Å². The van der Waals surface area contributed by atoms with Crippen molar-refractivity contribution >= 4 is 40.1 Å². The molecule has 2 saturated carbocycles. The van der Waals surface area contributed by atoms with Crippen LogP contribution in [0, 0.1) is 35.4 Å². The van der Waals surface area contributed by atoms with Crippen molar-refractivity contribution in [3.63, 3.8) is 0 Å². The number of fused-ring (bicyclic) bond motifs is 3. The van der Waals surface area contributed by atoms with E-state index in [-0.39, 0.29) is 59.7 Å². The van der Waals surface area contributed by atoms with Crippen molar-refractivity contribution in [2.75, 3.05) is 18.1 Å². The van der Waals surface area contributed by atoms with E-state index in [2.05, 4.69) is 15.3 Å². The molecule has 0 radical (unpaired) electrons. The Morgan fingerprint density at radius 1 is 0.952 bits per heavy atom. The topological polar surface area (TPSA) is 98.2 Å². The number of ether oxygens (including phenoxy) is 1. The molecular weight excluding hydrogens is 553 g/mol. The highest BCUT2D eigenvalue weighted by Gasteiger charge is 2.64. The van der Waals surface area contributed by atoms with Crippen LogP contribution in [0.2, 0.25) is 0 Å². The molecule has 3 heterocycles. The highest BCUT2D eigenvalue weighted by atomic mass is 32.2. The molecule has 4 atom stereocenters. The minimum Gasteiger partial charge on any atom is -0.482 e. The molecule has 4 aliphatic rings. The number of hydrogen-bond acceptors (Lipinski definition) is 7. The van der Waals surface area contributed by atoms with Gasteiger partial charge in [-0.2, -0.15) is 11.8 Å². The van der Waals surface area contributed by atoms with Crippen molar-refractivity contribution in [1.29, 1.82) is 0 Å². The van der Waals surface area contributed by atoms with E-state index in [1.807, 2.05) is 42.1 Å². The zero-order chi connectivity index (χ0) is 28.8. The zero-order valence-electron chi connectivity index (χ0n) is 23.3. The van der Waals surface area contributed by atoms with Gasteiger partial charge in [0.05, 0.1) is 29.5 Å². The minimum absolute atomic E-state index is 0.00210. The van der Waals surface area contributed by atoms with Crippen molar-refractivity contribution in [1.82, 2.24) is 15.3 Å². The van der Waals surface area contributed by atoms with E-state index in [9.17, 15) is 18.8 Å². The maximum atomic E-state index is 14.3. The Kier molecular flexibility index (Phi) is 7.46. The summed E-state index contributed by atoms with van der Waals surface area (Å²) in [5.74, 6) is 1.19. The first-order chi connectivity index (χ1) is 20.5. The van der Waals surface area contributed by atoms with Crippen LogP contribution in [-0.4, -0.2) is 51.6 Å². The second-order valence-corrected chi connectivity index (χ2v) is 13.5. The lowest BCUT2D eigenvalue weighted by atomic mass is 9.76. The molecular formula is C33H34FN3O4S. The van der Waals surface area contributed by atoms with E-state index in [0.717, 1.165) is 67.1 Å². The van der Waals surface area contributed by atoms with Crippen molar-refractivity contribution < 1.29 is 23.5 Å². The molecule has 1 amide bonds. The van der Waals surface area contributed by atoms with Crippen LogP contribution in [0.5, 0.6) is 5.75 Å². The number of hydrogen-bond donors (Lipinski definition) is 1.